The van der Waals surface area contributed by atoms with Crippen LogP contribution in [0.15, 0.2) is 9.95 Å². The lowest BCUT2D eigenvalue weighted by Crippen LogP contribution is -2.38. The Bertz CT molecular complexity index is 644. The number of fused-ring (bicyclic) bond motifs is 2. The predicted molar refractivity (Wildman–Crippen MR) is 84.4 cm³/mol. The standard InChI is InChI=1S/C15H21N3O3S/c1-9(7-21-2)16-13(19)6-10-8-22-15-17-12-5-3-4-11(12)14(20)18(10)15/h9-10H,3-8H2,1-2H3,(H,16,19). The third-order valence-corrected chi connectivity index (χ3v) is 5.22. The van der Waals surface area contributed by atoms with Gasteiger partial charge in [0.1, 0.15) is 0 Å². The molecular weight excluding hydrogens is 302 g/mol. The van der Waals surface area contributed by atoms with Crippen LogP contribution in [0.25, 0.3) is 0 Å². The van der Waals surface area contributed by atoms with Gasteiger partial charge in [0.05, 0.1) is 18.3 Å². The molecule has 1 N–H and O–H groups in total. The number of ether oxygens (including phenoxy) is 1. The van der Waals surface area contributed by atoms with Crippen molar-refractivity contribution in [1.82, 2.24) is 14.9 Å². The Morgan fingerprint density at radius 3 is 3.14 bits per heavy atom. The Balaban J connectivity index is 1.75. The minimum atomic E-state index is -0.0966. The summed E-state index contributed by atoms with van der Waals surface area (Å²) in [5, 5.41) is 3.67. The van der Waals surface area contributed by atoms with Gasteiger partial charge < -0.3 is 10.1 Å². The van der Waals surface area contributed by atoms with E-state index in [4.69, 9.17) is 4.74 Å². The van der Waals surface area contributed by atoms with E-state index >= 15 is 0 Å². The number of carbonyl (C=O) groups excluding carboxylic acids is 1. The first-order valence-corrected chi connectivity index (χ1v) is 8.64. The molecule has 2 heterocycles. The van der Waals surface area contributed by atoms with Crippen molar-refractivity contribution in [2.75, 3.05) is 19.5 Å². The number of methoxy groups -OCH3 is 1. The summed E-state index contributed by atoms with van der Waals surface area (Å²) < 4.78 is 6.75. The molecule has 0 saturated carbocycles. The molecule has 0 aromatic carbocycles. The van der Waals surface area contributed by atoms with Gasteiger partial charge in [0.15, 0.2) is 5.16 Å². The summed E-state index contributed by atoms with van der Waals surface area (Å²) >= 11 is 1.57. The lowest BCUT2D eigenvalue weighted by atomic mass is 10.2. The first kappa shape index (κ1) is 15.6. The SMILES string of the molecule is COCC(C)NC(=O)CC1CSc2nc3c(c(=O)n21)CCC3. The number of nitrogens with one attached hydrogen (secondary N) is 1. The second kappa shape index (κ2) is 6.42. The molecule has 0 fully saturated rings. The molecule has 6 nitrogen and oxygen atoms in total. The van der Waals surface area contributed by atoms with E-state index in [2.05, 4.69) is 10.3 Å². The minimum Gasteiger partial charge on any atom is -0.383 e. The van der Waals surface area contributed by atoms with E-state index in [0.29, 0.717) is 13.0 Å². The topological polar surface area (TPSA) is 73.2 Å². The molecule has 7 heteroatoms. The molecule has 2 atom stereocenters. The summed E-state index contributed by atoms with van der Waals surface area (Å²) in [6.07, 6.45) is 3.04. The molecular formula is C15H21N3O3S. The Morgan fingerprint density at radius 2 is 2.36 bits per heavy atom. The summed E-state index contributed by atoms with van der Waals surface area (Å²) in [4.78, 5) is 29.4. The Labute approximate surface area is 133 Å². The van der Waals surface area contributed by atoms with Crippen LogP contribution >= 0.6 is 11.8 Å². The number of aromatic nitrogens is 2. The molecule has 2 aliphatic rings. The average molecular weight is 323 g/mol. The molecule has 0 bridgehead atoms. The highest BCUT2D eigenvalue weighted by Crippen LogP contribution is 2.33. The van der Waals surface area contributed by atoms with E-state index in [-0.39, 0.29) is 23.6 Å². The molecule has 1 aromatic heterocycles. The third-order valence-electron chi connectivity index (χ3n) is 4.12. The smallest absolute Gasteiger partial charge is 0.257 e. The largest absolute Gasteiger partial charge is 0.383 e. The summed E-state index contributed by atoms with van der Waals surface area (Å²) in [6, 6.07) is -0.124. The van der Waals surface area contributed by atoms with Crippen molar-refractivity contribution in [3.05, 3.63) is 21.6 Å². The fourth-order valence-corrected chi connectivity index (χ4v) is 4.30. The monoisotopic (exact) mass is 323 g/mol. The molecule has 0 spiro atoms. The molecule has 120 valence electrons. The van der Waals surface area contributed by atoms with E-state index in [1.54, 1.807) is 23.4 Å². The van der Waals surface area contributed by atoms with Crippen molar-refractivity contribution in [2.45, 2.75) is 49.8 Å². The van der Waals surface area contributed by atoms with Crippen LogP contribution in [0.1, 0.15) is 37.1 Å². The molecule has 1 aliphatic carbocycles. The number of rotatable bonds is 5. The van der Waals surface area contributed by atoms with Gasteiger partial charge in [0.2, 0.25) is 5.91 Å². The maximum Gasteiger partial charge on any atom is 0.257 e. The van der Waals surface area contributed by atoms with Gasteiger partial charge in [-0.25, -0.2) is 4.98 Å². The number of hydrogen-bond donors (Lipinski definition) is 1. The number of amides is 1. The molecule has 1 aromatic rings. The van der Waals surface area contributed by atoms with E-state index in [0.717, 1.165) is 41.4 Å². The van der Waals surface area contributed by atoms with Crippen LogP contribution < -0.4 is 10.9 Å². The van der Waals surface area contributed by atoms with Gasteiger partial charge in [-0.15, -0.1) is 0 Å². The lowest BCUT2D eigenvalue weighted by Gasteiger charge is -2.17. The van der Waals surface area contributed by atoms with Crippen molar-refractivity contribution >= 4 is 17.7 Å². The Morgan fingerprint density at radius 1 is 1.55 bits per heavy atom. The predicted octanol–water partition coefficient (Wildman–Crippen LogP) is 0.920. The quantitative estimate of drug-likeness (QED) is 0.816. The fourth-order valence-electron chi connectivity index (χ4n) is 3.14. The van der Waals surface area contributed by atoms with E-state index in [1.165, 1.54) is 0 Å². The van der Waals surface area contributed by atoms with Crippen LogP contribution in [-0.2, 0) is 22.4 Å². The Kier molecular flexibility index (Phi) is 4.54. The van der Waals surface area contributed by atoms with Crippen molar-refractivity contribution in [2.24, 2.45) is 0 Å². The molecule has 1 aliphatic heterocycles. The maximum absolute atomic E-state index is 12.6. The summed E-state index contributed by atoms with van der Waals surface area (Å²) in [7, 11) is 1.61. The molecule has 2 unspecified atom stereocenters. The molecule has 0 radical (unpaired) electrons. The van der Waals surface area contributed by atoms with E-state index in [1.807, 2.05) is 6.92 Å². The van der Waals surface area contributed by atoms with Gasteiger partial charge in [0, 0.05) is 30.9 Å². The second-order valence-corrected chi connectivity index (χ2v) is 6.93. The van der Waals surface area contributed by atoms with Gasteiger partial charge in [0.25, 0.3) is 5.56 Å². The van der Waals surface area contributed by atoms with E-state index in [9.17, 15) is 9.59 Å². The van der Waals surface area contributed by atoms with Crippen LogP contribution in [0.4, 0.5) is 0 Å². The minimum absolute atomic E-state index is 0.0269. The molecule has 22 heavy (non-hydrogen) atoms. The van der Waals surface area contributed by atoms with Crippen LogP contribution in [0.2, 0.25) is 0 Å². The molecule has 3 rings (SSSR count). The van der Waals surface area contributed by atoms with Crippen molar-refractivity contribution in [3.63, 3.8) is 0 Å². The number of hydrogen-bond acceptors (Lipinski definition) is 5. The number of aryl methyl sites for hydroxylation is 1. The van der Waals surface area contributed by atoms with Crippen LogP contribution in [0.3, 0.4) is 0 Å². The normalized spacial score (nSPS) is 20.5. The van der Waals surface area contributed by atoms with Gasteiger partial charge >= 0.3 is 0 Å². The fraction of sp³-hybridized carbons (Fsp3) is 0.667. The van der Waals surface area contributed by atoms with Crippen LogP contribution in [-0.4, -0.2) is 41.0 Å². The van der Waals surface area contributed by atoms with Crippen molar-refractivity contribution in [3.8, 4) is 0 Å². The highest BCUT2D eigenvalue weighted by molar-refractivity contribution is 7.99. The lowest BCUT2D eigenvalue weighted by molar-refractivity contribution is -0.122. The molecule has 0 saturated heterocycles. The zero-order valence-corrected chi connectivity index (χ0v) is 13.7. The van der Waals surface area contributed by atoms with E-state index < -0.39 is 0 Å². The van der Waals surface area contributed by atoms with Gasteiger partial charge in [-0.1, -0.05) is 11.8 Å². The highest BCUT2D eigenvalue weighted by atomic mass is 32.2. The highest BCUT2D eigenvalue weighted by Gasteiger charge is 2.31. The number of nitrogens with zero attached hydrogens (tertiary/aromatic N) is 2. The number of thioether (sulfide) groups is 1. The average Bonchev–Trinajstić information content (AvgIpc) is 3.06. The second-order valence-electron chi connectivity index (χ2n) is 5.94. The zero-order chi connectivity index (χ0) is 15.7. The summed E-state index contributed by atoms with van der Waals surface area (Å²) in [5.41, 5.74) is 1.87. The first-order valence-electron chi connectivity index (χ1n) is 7.65. The summed E-state index contributed by atoms with van der Waals surface area (Å²) in [5.74, 6) is 0.687. The van der Waals surface area contributed by atoms with Crippen molar-refractivity contribution < 1.29 is 9.53 Å². The summed E-state index contributed by atoms with van der Waals surface area (Å²) in [6.45, 7) is 2.39. The van der Waals surface area contributed by atoms with Crippen molar-refractivity contribution in [1.29, 1.82) is 0 Å². The molecule has 1 amide bonds. The van der Waals surface area contributed by atoms with Crippen LogP contribution in [0.5, 0.6) is 0 Å². The Hall–Kier alpha value is -1.34. The third kappa shape index (κ3) is 2.92. The maximum atomic E-state index is 12.6. The number of carbonyl (C=O) groups is 1. The van der Waals surface area contributed by atoms with Gasteiger partial charge in [-0.05, 0) is 26.2 Å². The van der Waals surface area contributed by atoms with Crippen LogP contribution in [0, 0.1) is 0 Å². The first-order chi connectivity index (χ1) is 10.6. The zero-order valence-electron chi connectivity index (χ0n) is 12.9. The van der Waals surface area contributed by atoms with Gasteiger partial charge in [-0.3, -0.25) is 14.2 Å². The van der Waals surface area contributed by atoms with Gasteiger partial charge in [-0.2, -0.15) is 0 Å².